The van der Waals surface area contributed by atoms with E-state index >= 15 is 0 Å². The molecular weight excluding hydrogens is 238 g/mol. The maximum atomic E-state index is 12.0. The number of nitrogens with zero attached hydrogens (tertiary/aromatic N) is 1. The summed E-state index contributed by atoms with van der Waals surface area (Å²) in [6, 6.07) is 0. The number of fused-ring (bicyclic) bond motifs is 1. The SMILES string of the molecule is CCCC1CCC(c2nc3c(c(=O)[nH]2)CNC3)CC1. The molecule has 0 amide bonds. The Morgan fingerprint density at radius 2 is 2.00 bits per heavy atom. The molecule has 3 rings (SSSR count). The Morgan fingerprint density at radius 3 is 2.74 bits per heavy atom. The number of nitrogens with one attached hydrogen (secondary N) is 2. The van der Waals surface area contributed by atoms with E-state index in [-0.39, 0.29) is 5.56 Å². The quantitative estimate of drug-likeness (QED) is 0.878. The Bertz CT molecular complexity index is 501. The molecule has 2 aliphatic rings. The third kappa shape index (κ3) is 2.59. The van der Waals surface area contributed by atoms with Crippen molar-refractivity contribution in [1.29, 1.82) is 0 Å². The molecule has 0 saturated heterocycles. The van der Waals surface area contributed by atoms with Crippen LogP contribution in [-0.2, 0) is 13.1 Å². The Labute approximate surface area is 114 Å². The summed E-state index contributed by atoms with van der Waals surface area (Å²) in [4.78, 5) is 19.7. The van der Waals surface area contributed by atoms with Gasteiger partial charge in [0.1, 0.15) is 5.82 Å². The fraction of sp³-hybridized carbons (Fsp3) is 0.733. The highest BCUT2D eigenvalue weighted by Crippen LogP contribution is 2.36. The molecule has 0 bridgehead atoms. The second-order valence-electron chi connectivity index (χ2n) is 5.99. The van der Waals surface area contributed by atoms with Gasteiger partial charge in [0.2, 0.25) is 0 Å². The smallest absolute Gasteiger partial charge is 0.255 e. The fourth-order valence-corrected chi connectivity index (χ4v) is 3.52. The monoisotopic (exact) mass is 261 g/mol. The average Bonchev–Trinajstić information content (AvgIpc) is 2.89. The van der Waals surface area contributed by atoms with E-state index in [1.807, 2.05) is 0 Å². The lowest BCUT2D eigenvalue weighted by atomic mass is 9.80. The summed E-state index contributed by atoms with van der Waals surface area (Å²) in [6.07, 6.45) is 7.58. The molecule has 19 heavy (non-hydrogen) atoms. The Balaban J connectivity index is 1.74. The van der Waals surface area contributed by atoms with Gasteiger partial charge >= 0.3 is 0 Å². The maximum absolute atomic E-state index is 12.0. The van der Waals surface area contributed by atoms with Gasteiger partial charge in [-0.3, -0.25) is 4.79 Å². The first kappa shape index (κ1) is 12.9. The van der Waals surface area contributed by atoms with Crippen LogP contribution in [0.1, 0.15) is 68.4 Å². The molecule has 1 aromatic rings. The molecule has 1 aromatic heterocycles. The molecule has 1 fully saturated rings. The molecule has 0 radical (unpaired) electrons. The summed E-state index contributed by atoms with van der Waals surface area (Å²) in [5.41, 5.74) is 1.87. The first-order valence-electron chi connectivity index (χ1n) is 7.60. The van der Waals surface area contributed by atoms with E-state index in [0.29, 0.717) is 12.5 Å². The Morgan fingerprint density at radius 1 is 1.21 bits per heavy atom. The molecule has 4 heteroatoms. The van der Waals surface area contributed by atoms with Crippen molar-refractivity contribution in [2.45, 2.75) is 64.5 Å². The maximum Gasteiger partial charge on any atom is 0.255 e. The van der Waals surface area contributed by atoms with Gasteiger partial charge in [0.15, 0.2) is 0 Å². The van der Waals surface area contributed by atoms with E-state index in [4.69, 9.17) is 4.98 Å². The minimum Gasteiger partial charge on any atom is -0.310 e. The van der Waals surface area contributed by atoms with Gasteiger partial charge in [-0.2, -0.15) is 0 Å². The van der Waals surface area contributed by atoms with Gasteiger partial charge in [-0.05, 0) is 31.6 Å². The van der Waals surface area contributed by atoms with Crippen molar-refractivity contribution in [3.05, 3.63) is 27.4 Å². The van der Waals surface area contributed by atoms with Gasteiger partial charge < -0.3 is 10.3 Å². The van der Waals surface area contributed by atoms with Crippen molar-refractivity contribution in [1.82, 2.24) is 15.3 Å². The van der Waals surface area contributed by atoms with Gasteiger partial charge in [-0.1, -0.05) is 19.8 Å². The summed E-state index contributed by atoms with van der Waals surface area (Å²) in [7, 11) is 0. The zero-order valence-corrected chi connectivity index (χ0v) is 11.7. The van der Waals surface area contributed by atoms with Gasteiger partial charge in [0.05, 0.1) is 11.3 Å². The molecule has 2 heterocycles. The summed E-state index contributed by atoms with van der Waals surface area (Å²) >= 11 is 0. The van der Waals surface area contributed by atoms with Crippen LogP contribution in [0.4, 0.5) is 0 Å². The molecule has 1 saturated carbocycles. The molecule has 1 aliphatic carbocycles. The minimum absolute atomic E-state index is 0.0701. The van der Waals surface area contributed by atoms with E-state index in [1.54, 1.807) is 0 Å². The van der Waals surface area contributed by atoms with Crippen molar-refractivity contribution < 1.29 is 0 Å². The van der Waals surface area contributed by atoms with Crippen molar-refractivity contribution in [3.63, 3.8) is 0 Å². The molecule has 0 aromatic carbocycles. The highest BCUT2D eigenvalue weighted by molar-refractivity contribution is 5.22. The van der Waals surface area contributed by atoms with E-state index in [0.717, 1.165) is 29.5 Å². The Hall–Kier alpha value is -1.16. The number of aromatic amines is 1. The molecule has 0 spiro atoms. The number of hydrogen-bond donors (Lipinski definition) is 2. The zero-order chi connectivity index (χ0) is 13.2. The lowest BCUT2D eigenvalue weighted by Gasteiger charge is -2.27. The molecule has 104 valence electrons. The molecule has 1 aliphatic heterocycles. The third-order valence-corrected chi connectivity index (χ3v) is 4.64. The van der Waals surface area contributed by atoms with Crippen LogP contribution in [-0.4, -0.2) is 9.97 Å². The number of hydrogen-bond acceptors (Lipinski definition) is 3. The largest absolute Gasteiger partial charge is 0.310 e. The first-order chi connectivity index (χ1) is 9.28. The predicted molar refractivity (Wildman–Crippen MR) is 75.0 cm³/mol. The van der Waals surface area contributed by atoms with E-state index < -0.39 is 0 Å². The van der Waals surface area contributed by atoms with Crippen LogP contribution in [0.25, 0.3) is 0 Å². The standard InChI is InChI=1S/C15H23N3O/c1-2-3-10-4-6-11(7-5-10)14-17-13-9-16-8-12(13)15(19)18-14/h10-11,16H,2-9H2,1H3,(H,17,18,19). The van der Waals surface area contributed by atoms with Crippen LogP contribution in [0.5, 0.6) is 0 Å². The van der Waals surface area contributed by atoms with Gasteiger partial charge in [0, 0.05) is 19.0 Å². The summed E-state index contributed by atoms with van der Waals surface area (Å²) < 4.78 is 0. The highest BCUT2D eigenvalue weighted by atomic mass is 16.1. The van der Waals surface area contributed by atoms with Crippen molar-refractivity contribution >= 4 is 0 Å². The van der Waals surface area contributed by atoms with Crippen molar-refractivity contribution in [2.75, 3.05) is 0 Å². The van der Waals surface area contributed by atoms with Crippen LogP contribution in [0, 0.1) is 5.92 Å². The van der Waals surface area contributed by atoms with E-state index in [2.05, 4.69) is 17.2 Å². The molecule has 4 nitrogen and oxygen atoms in total. The third-order valence-electron chi connectivity index (χ3n) is 4.64. The van der Waals surface area contributed by atoms with Crippen LogP contribution in [0.3, 0.4) is 0 Å². The lowest BCUT2D eigenvalue weighted by Crippen LogP contribution is -2.22. The summed E-state index contributed by atoms with van der Waals surface area (Å²) in [6.45, 7) is 3.68. The van der Waals surface area contributed by atoms with Crippen LogP contribution in [0.15, 0.2) is 4.79 Å². The summed E-state index contributed by atoms with van der Waals surface area (Å²) in [5, 5.41) is 3.20. The lowest BCUT2D eigenvalue weighted by molar-refractivity contribution is 0.301. The fourth-order valence-electron chi connectivity index (χ4n) is 3.52. The topological polar surface area (TPSA) is 57.8 Å². The van der Waals surface area contributed by atoms with Crippen LogP contribution in [0.2, 0.25) is 0 Å². The first-order valence-corrected chi connectivity index (χ1v) is 7.60. The van der Waals surface area contributed by atoms with Crippen LogP contribution < -0.4 is 10.9 Å². The highest BCUT2D eigenvalue weighted by Gasteiger charge is 2.25. The van der Waals surface area contributed by atoms with Crippen molar-refractivity contribution in [2.24, 2.45) is 5.92 Å². The average molecular weight is 261 g/mol. The summed E-state index contributed by atoms with van der Waals surface area (Å²) in [5.74, 6) is 2.29. The number of aromatic nitrogens is 2. The van der Waals surface area contributed by atoms with E-state index in [9.17, 15) is 4.79 Å². The van der Waals surface area contributed by atoms with Crippen molar-refractivity contribution in [3.8, 4) is 0 Å². The Kier molecular flexibility index (Phi) is 3.69. The minimum atomic E-state index is 0.0701. The second-order valence-corrected chi connectivity index (χ2v) is 5.99. The molecular formula is C15H23N3O. The molecule has 2 N–H and O–H groups in total. The normalized spacial score (nSPS) is 26.4. The predicted octanol–water partition coefficient (Wildman–Crippen LogP) is 2.45. The van der Waals surface area contributed by atoms with Gasteiger partial charge in [0.25, 0.3) is 5.56 Å². The second kappa shape index (κ2) is 5.45. The van der Waals surface area contributed by atoms with Gasteiger partial charge in [-0.15, -0.1) is 0 Å². The van der Waals surface area contributed by atoms with Crippen LogP contribution >= 0.6 is 0 Å². The van der Waals surface area contributed by atoms with Gasteiger partial charge in [-0.25, -0.2) is 4.98 Å². The number of rotatable bonds is 3. The zero-order valence-electron chi connectivity index (χ0n) is 11.7. The number of H-pyrrole nitrogens is 1. The molecule has 0 atom stereocenters. The molecule has 0 unspecified atom stereocenters. The van der Waals surface area contributed by atoms with E-state index in [1.165, 1.54) is 38.5 Å².